The summed E-state index contributed by atoms with van der Waals surface area (Å²) in [4.78, 5) is 25.9. The first-order valence-electron chi connectivity index (χ1n) is 10.7. The predicted octanol–water partition coefficient (Wildman–Crippen LogP) is 3.56. The number of carbonyl (C=O) groups excluding carboxylic acids is 2. The minimum Gasteiger partial charge on any atom is -0.360 e. The van der Waals surface area contributed by atoms with Gasteiger partial charge in [0.25, 0.3) is 0 Å². The number of piperazine rings is 1. The minimum absolute atomic E-state index is 0.0448. The molecule has 0 radical (unpaired) electrons. The highest BCUT2D eigenvalue weighted by atomic mass is 16.2. The van der Waals surface area contributed by atoms with Gasteiger partial charge in [-0.2, -0.15) is 0 Å². The maximum atomic E-state index is 12.3. The lowest BCUT2D eigenvalue weighted by Gasteiger charge is -2.28. The summed E-state index contributed by atoms with van der Waals surface area (Å²) in [5.74, 6) is 0.621. The Morgan fingerprint density at radius 3 is 2.68 bits per heavy atom. The summed E-state index contributed by atoms with van der Waals surface area (Å²) in [6.07, 6.45) is 2.09. The fraction of sp³-hybridized carbons (Fsp3) is 0.333. The Hall–Kier alpha value is -3.48. The van der Waals surface area contributed by atoms with Gasteiger partial charge in [-0.3, -0.25) is 4.79 Å². The normalized spacial score (nSPS) is 14.0. The topological polar surface area (TPSA) is 78.4 Å². The number of hydrogen-bond donors (Lipinski definition) is 3. The molecule has 0 bridgehead atoms. The van der Waals surface area contributed by atoms with Crippen LogP contribution in [-0.4, -0.2) is 36.1 Å². The zero-order chi connectivity index (χ0) is 21.8. The smallest absolute Gasteiger partial charge is 0.319 e. The molecule has 2 aromatic carbocycles. The second-order valence-electron chi connectivity index (χ2n) is 8.38. The Morgan fingerprint density at radius 2 is 1.94 bits per heavy atom. The predicted molar refractivity (Wildman–Crippen MR) is 124 cm³/mol. The molecule has 3 aromatic rings. The molecule has 0 aliphatic carbocycles. The number of carbonyl (C=O) groups is 2. The van der Waals surface area contributed by atoms with Crippen molar-refractivity contribution in [3.8, 4) is 0 Å². The molecule has 162 valence electrons. The third-order valence-electron chi connectivity index (χ3n) is 5.38. The molecule has 1 aliphatic heterocycles. The highest BCUT2D eigenvalue weighted by Gasteiger charge is 2.16. The van der Waals surface area contributed by atoms with Crippen LogP contribution in [0.15, 0.2) is 54.7 Å². The summed E-state index contributed by atoms with van der Waals surface area (Å²) in [6.45, 7) is 7.65. The summed E-state index contributed by atoms with van der Waals surface area (Å²) in [5, 5.41) is 9.75. The Balaban J connectivity index is 1.31. The Kier molecular flexibility index (Phi) is 6.11. The van der Waals surface area contributed by atoms with Crippen molar-refractivity contribution in [3.63, 3.8) is 0 Å². The number of aromatic nitrogens is 1. The Bertz CT molecular complexity index is 1070. The number of benzene rings is 2. The summed E-state index contributed by atoms with van der Waals surface area (Å²) in [7, 11) is 0. The van der Waals surface area contributed by atoms with Crippen LogP contribution in [0.25, 0.3) is 10.9 Å². The van der Waals surface area contributed by atoms with Crippen LogP contribution < -0.4 is 20.9 Å². The number of nitrogens with one attached hydrogen (secondary N) is 3. The molecule has 0 saturated carbocycles. The van der Waals surface area contributed by atoms with Gasteiger partial charge >= 0.3 is 6.03 Å². The summed E-state index contributed by atoms with van der Waals surface area (Å²) in [5.41, 5.74) is 3.96. The summed E-state index contributed by atoms with van der Waals surface area (Å²) < 4.78 is 2.24. The quantitative estimate of drug-likeness (QED) is 0.572. The summed E-state index contributed by atoms with van der Waals surface area (Å²) >= 11 is 0. The van der Waals surface area contributed by atoms with E-state index in [1.165, 1.54) is 5.52 Å². The van der Waals surface area contributed by atoms with Gasteiger partial charge in [0.05, 0.1) is 6.54 Å². The molecule has 7 heteroatoms. The molecule has 0 atom stereocenters. The monoisotopic (exact) mass is 419 g/mol. The molecule has 4 rings (SSSR count). The van der Waals surface area contributed by atoms with E-state index in [1.54, 1.807) is 0 Å². The molecule has 1 aromatic heterocycles. The molecule has 3 amide bonds. The Labute approximate surface area is 182 Å². The number of rotatable bonds is 6. The standard InChI is InChI=1S/C24H29N5O2/c1-17(2)15-29-11-9-19-13-20(5-8-22(19)29)27-24(31)26-14-18-3-6-21(7-4-18)28-12-10-25-23(30)16-28/h3-9,11,13,17H,10,12,14-16H2,1-2H3,(H,25,30)(H2,26,27,31). The molecular formula is C24H29N5O2. The van der Waals surface area contributed by atoms with Gasteiger partial charge in [-0.15, -0.1) is 0 Å². The lowest BCUT2D eigenvalue weighted by Crippen LogP contribution is -2.47. The third-order valence-corrected chi connectivity index (χ3v) is 5.38. The minimum atomic E-state index is -0.238. The number of hydrogen-bond acceptors (Lipinski definition) is 3. The molecule has 1 aliphatic rings. The first kappa shape index (κ1) is 20.8. The highest BCUT2D eigenvalue weighted by Crippen LogP contribution is 2.21. The van der Waals surface area contributed by atoms with E-state index >= 15 is 0 Å². The maximum Gasteiger partial charge on any atom is 0.319 e. The van der Waals surface area contributed by atoms with Gasteiger partial charge in [-0.25, -0.2) is 4.79 Å². The van der Waals surface area contributed by atoms with E-state index in [9.17, 15) is 9.59 Å². The van der Waals surface area contributed by atoms with Crippen molar-refractivity contribution in [2.45, 2.75) is 26.9 Å². The van der Waals surface area contributed by atoms with Gasteiger partial charge < -0.3 is 25.4 Å². The fourth-order valence-electron chi connectivity index (χ4n) is 3.87. The van der Waals surface area contributed by atoms with Crippen molar-refractivity contribution >= 4 is 34.2 Å². The number of amides is 3. The van der Waals surface area contributed by atoms with Gasteiger partial charge in [-0.1, -0.05) is 26.0 Å². The summed E-state index contributed by atoms with van der Waals surface area (Å²) in [6, 6.07) is 15.8. The second-order valence-corrected chi connectivity index (χ2v) is 8.38. The van der Waals surface area contributed by atoms with Gasteiger partial charge in [0.15, 0.2) is 0 Å². The number of urea groups is 1. The molecule has 2 heterocycles. The van der Waals surface area contributed by atoms with Gasteiger partial charge in [0.2, 0.25) is 5.91 Å². The number of nitrogens with zero attached hydrogens (tertiary/aromatic N) is 2. The average Bonchev–Trinajstić information content (AvgIpc) is 3.14. The molecule has 0 spiro atoms. The molecule has 31 heavy (non-hydrogen) atoms. The molecule has 7 nitrogen and oxygen atoms in total. The van der Waals surface area contributed by atoms with Crippen LogP contribution in [0.3, 0.4) is 0 Å². The first-order chi connectivity index (χ1) is 15.0. The molecule has 0 unspecified atom stereocenters. The van der Waals surface area contributed by atoms with Crippen LogP contribution >= 0.6 is 0 Å². The largest absolute Gasteiger partial charge is 0.360 e. The van der Waals surface area contributed by atoms with E-state index in [0.717, 1.165) is 35.4 Å². The van der Waals surface area contributed by atoms with Crippen LogP contribution in [0.4, 0.5) is 16.2 Å². The van der Waals surface area contributed by atoms with Crippen LogP contribution in [-0.2, 0) is 17.9 Å². The Morgan fingerprint density at radius 1 is 1.13 bits per heavy atom. The van der Waals surface area contributed by atoms with E-state index in [-0.39, 0.29) is 11.9 Å². The van der Waals surface area contributed by atoms with Crippen LogP contribution in [0.5, 0.6) is 0 Å². The van der Waals surface area contributed by atoms with Crippen LogP contribution in [0, 0.1) is 5.92 Å². The van der Waals surface area contributed by atoms with Gasteiger partial charge in [0, 0.05) is 54.7 Å². The van der Waals surface area contributed by atoms with Gasteiger partial charge in [-0.05, 0) is 47.9 Å². The van der Waals surface area contributed by atoms with Crippen LogP contribution in [0.2, 0.25) is 0 Å². The van der Waals surface area contributed by atoms with E-state index in [4.69, 9.17) is 0 Å². The third kappa shape index (κ3) is 5.17. The zero-order valence-corrected chi connectivity index (χ0v) is 18.0. The fourth-order valence-corrected chi connectivity index (χ4v) is 3.87. The van der Waals surface area contributed by atoms with Gasteiger partial charge in [0.1, 0.15) is 0 Å². The van der Waals surface area contributed by atoms with Crippen LogP contribution in [0.1, 0.15) is 19.4 Å². The maximum absolute atomic E-state index is 12.3. The van der Waals surface area contributed by atoms with E-state index in [2.05, 4.69) is 46.6 Å². The lowest BCUT2D eigenvalue weighted by molar-refractivity contribution is -0.120. The number of fused-ring (bicyclic) bond motifs is 1. The second kappa shape index (κ2) is 9.12. The lowest BCUT2D eigenvalue weighted by atomic mass is 10.2. The van der Waals surface area contributed by atoms with E-state index in [0.29, 0.717) is 25.6 Å². The van der Waals surface area contributed by atoms with Crippen molar-refractivity contribution in [3.05, 3.63) is 60.3 Å². The average molecular weight is 420 g/mol. The zero-order valence-electron chi connectivity index (χ0n) is 18.0. The molecule has 1 fully saturated rings. The van der Waals surface area contributed by atoms with Crippen molar-refractivity contribution in [1.29, 1.82) is 0 Å². The molecular weight excluding hydrogens is 390 g/mol. The van der Waals surface area contributed by atoms with E-state index < -0.39 is 0 Å². The first-order valence-corrected chi connectivity index (χ1v) is 10.7. The SMILES string of the molecule is CC(C)Cn1ccc2cc(NC(=O)NCc3ccc(N4CCNC(=O)C4)cc3)ccc21. The molecule has 3 N–H and O–H groups in total. The number of anilines is 2. The van der Waals surface area contributed by atoms with E-state index in [1.807, 2.05) is 47.4 Å². The molecule has 1 saturated heterocycles. The van der Waals surface area contributed by atoms with Crippen molar-refractivity contribution in [1.82, 2.24) is 15.2 Å². The van der Waals surface area contributed by atoms with Crippen molar-refractivity contribution in [2.24, 2.45) is 5.92 Å². The highest BCUT2D eigenvalue weighted by molar-refractivity contribution is 5.93. The van der Waals surface area contributed by atoms with Crippen molar-refractivity contribution in [2.75, 3.05) is 29.9 Å². The van der Waals surface area contributed by atoms with Crippen molar-refractivity contribution < 1.29 is 9.59 Å².